The van der Waals surface area contributed by atoms with E-state index in [-0.39, 0.29) is 24.4 Å². The SMILES string of the molecule is N#Cc1ccc(NCCO)c(F)c1F. The Balaban J connectivity index is 3.00. The van der Waals surface area contributed by atoms with Crippen molar-refractivity contribution < 1.29 is 13.9 Å². The molecule has 1 aromatic rings. The zero-order chi connectivity index (χ0) is 10.6. The van der Waals surface area contributed by atoms with Gasteiger partial charge < -0.3 is 10.4 Å². The Labute approximate surface area is 79.6 Å². The van der Waals surface area contributed by atoms with Gasteiger partial charge in [0.05, 0.1) is 17.9 Å². The molecule has 0 heterocycles. The molecule has 14 heavy (non-hydrogen) atoms. The Kier molecular flexibility index (Phi) is 3.37. The van der Waals surface area contributed by atoms with Crippen LogP contribution < -0.4 is 5.32 Å². The first-order chi connectivity index (χ1) is 6.70. The molecule has 0 radical (unpaired) electrons. The zero-order valence-electron chi connectivity index (χ0n) is 7.22. The van der Waals surface area contributed by atoms with Gasteiger partial charge in [0.15, 0.2) is 11.6 Å². The largest absolute Gasteiger partial charge is 0.395 e. The van der Waals surface area contributed by atoms with Crippen molar-refractivity contribution in [3.63, 3.8) is 0 Å². The highest BCUT2D eigenvalue weighted by Gasteiger charge is 2.12. The van der Waals surface area contributed by atoms with Crippen molar-refractivity contribution in [3.8, 4) is 6.07 Å². The van der Waals surface area contributed by atoms with Gasteiger partial charge in [0, 0.05) is 6.54 Å². The molecule has 0 fully saturated rings. The molecule has 74 valence electrons. The Bertz CT molecular complexity index is 374. The lowest BCUT2D eigenvalue weighted by Gasteiger charge is -2.06. The topological polar surface area (TPSA) is 56.0 Å². The van der Waals surface area contributed by atoms with Crippen LogP contribution >= 0.6 is 0 Å². The molecule has 2 N–H and O–H groups in total. The average Bonchev–Trinajstić information content (AvgIpc) is 2.20. The van der Waals surface area contributed by atoms with Gasteiger partial charge in [-0.2, -0.15) is 5.26 Å². The van der Waals surface area contributed by atoms with Crippen LogP contribution in [0.25, 0.3) is 0 Å². The number of rotatable bonds is 3. The molecule has 0 bridgehead atoms. The number of nitriles is 1. The summed E-state index contributed by atoms with van der Waals surface area (Å²) in [5.41, 5.74) is -0.396. The molecule has 0 saturated carbocycles. The summed E-state index contributed by atoms with van der Waals surface area (Å²) in [6.45, 7) is -0.0523. The molecule has 5 heteroatoms. The second-order valence-corrected chi connectivity index (χ2v) is 2.55. The van der Waals surface area contributed by atoms with E-state index in [0.29, 0.717) is 0 Å². The van der Waals surface area contributed by atoms with Crippen LogP contribution in [0.2, 0.25) is 0 Å². The van der Waals surface area contributed by atoms with Gasteiger partial charge in [-0.3, -0.25) is 0 Å². The van der Waals surface area contributed by atoms with E-state index in [4.69, 9.17) is 10.4 Å². The summed E-state index contributed by atoms with van der Waals surface area (Å²) in [5.74, 6) is -2.27. The van der Waals surface area contributed by atoms with Crippen molar-refractivity contribution in [1.29, 1.82) is 5.26 Å². The molecule has 0 unspecified atom stereocenters. The molecular weight excluding hydrogens is 190 g/mol. The molecule has 0 aliphatic carbocycles. The van der Waals surface area contributed by atoms with Gasteiger partial charge in [-0.05, 0) is 12.1 Å². The third-order valence-corrected chi connectivity index (χ3v) is 1.63. The summed E-state index contributed by atoms with van der Waals surface area (Å²) in [6, 6.07) is 3.96. The number of anilines is 1. The van der Waals surface area contributed by atoms with Gasteiger partial charge in [0.1, 0.15) is 6.07 Å². The maximum Gasteiger partial charge on any atom is 0.183 e. The summed E-state index contributed by atoms with van der Waals surface area (Å²) in [5, 5.41) is 19.3. The van der Waals surface area contributed by atoms with Crippen molar-refractivity contribution >= 4 is 5.69 Å². The lowest BCUT2D eigenvalue weighted by molar-refractivity contribution is 0.311. The van der Waals surface area contributed by atoms with E-state index in [2.05, 4.69) is 5.32 Å². The quantitative estimate of drug-likeness (QED) is 0.768. The van der Waals surface area contributed by atoms with Gasteiger partial charge in [0.25, 0.3) is 0 Å². The molecule has 0 aliphatic heterocycles. The number of hydrogen-bond donors (Lipinski definition) is 2. The van der Waals surface area contributed by atoms with Crippen molar-refractivity contribution in [3.05, 3.63) is 29.3 Å². The summed E-state index contributed by atoms with van der Waals surface area (Å²) < 4.78 is 26.1. The van der Waals surface area contributed by atoms with Crippen LogP contribution in [0.5, 0.6) is 0 Å². The molecule has 0 aliphatic rings. The molecule has 0 spiro atoms. The number of hydrogen-bond acceptors (Lipinski definition) is 3. The number of aliphatic hydroxyl groups is 1. The molecule has 0 aromatic heterocycles. The van der Waals surface area contributed by atoms with Crippen LogP contribution in [0.3, 0.4) is 0 Å². The maximum atomic E-state index is 13.1. The normalized spacial score (nSPS) is 9.57. The van der Waals surface area contributed by atoms with Gasteiger partial charge in [0.2, 0.25) is 0 Å². The van der Waals surface area contributed by atoms with E-state index in [1.807, 2.05) is 0 Å². The van der Waals surface area contributed by atoms with Crippen molar-refractivity contribution in [2.45, 2.75) is 0 Å². The maximum absolute atomic E-state index is 13.1. The van der Waals surface area contributed by atoms with Crippen molar-refractivity contribution in [1.82, 2.24) is 0 Å². The van der Waals surface area contributed by atoms with Crippen LogP contribution in [-0.2, 0) is 0 Å². The van der Waals surface area contributed by atoms with Crippen LogP contribution in [0.4, 0.5) is 14.5 Å². The summed E-state index contributed by atoms with van der Waals surface area (Å²) in [6.07, 6.45) is 0. The first-order valence-electron chi connectivity index (χ1n) is 3.93. The average molecular weight is 198 g/mol. The molecule has 1 aromatic carbocycles. The van der Waals surface area contributed by atoms with Crippen LogP contribution in [0, 0.1) is 23.0 Å². The third-order valence-electron chi connectivity index (χ3n) is 1.63. The number of nitrogens with one attached hydrogen (secondary N) is 1. The minimum absolute atomic E-state index is 0.0597. The smallest absolute Gasteiger partial charge is 0.183 e. The molecule has 0 atom stereocenters. The monoisotopic (exact) mass is 198 g/mol. The highest BCUT2D eigenvalue weighted by atomic mass is 19.2. The van der Waals surface area contributed by atoms with E-state index in [9.17, 15) is 8.78 Å². The second kappa shape index (κ2) is 4.53. The predicted molar refractivity (Wildman–Crippen MR) is 46.6 cm³/mol. The fourth-order valence-corrected chi connectivity index (χ4v) is 0.963. The lowest BCUT2D eigenvalue weighted by Crippen LogP contribution is -2.08. The van der Waals surface area contributed by atoms with Gasteiger partial charge in [-0.1, -0.05) is 0 Å². The summed E-state index contributed by atoms with van der Waals surface area (Å²) >= 11 is 0. The van der Waals surface area contributed by atoms with E-state index in [0.717, 1.165) is 0 Å². The Hall–Kier alpha value is -1.67. The van der Waals surface area contributed by atoms with Crippen molar-refractivity contribution in [2.75, 3.05) is 18.5 Å². The minimum Gasteiger partial charge on any atom is -0.395 e. The first kappa shape index (κ1) is 10.4. The highest BCUT2D eigenvalue weighted by Crippen LogP contribution is 2.19. The Morgan fingerprint density at radius 2 is 2.07 bits per heavy atom. The van der Waals surface area contributed by atoms with Gasteiger partial charge in [-0.15, -0.1) is 0 Å². The fraction of sp³-hybridized carbons (Fsp3) is 0.222. The standard InChI is InChI=1S/C9H8F2N2O/c10-8-6(5-12)1-2-7(9(8)11)13-3-4-14/h1-2,13-14H,3-4H2. The number of nitrogens with zero attached hydrogens (tertiary/aromatic N) is 1. The molecular formula is C9H8F2N2O. The molecule has 0 saturated heterocycles. The summed E-state index contributed by atoms with van der Waals surface area (Å²) in [4.78, 5) is 0. The minimum atomic E-state index is -1.17. The number of aliphatic hydroxyl groups excluding tert-OH is 1. The molecule has 1 rings (SSSR count). The highest BCUT2D eigenvalue weighted by molar-refractivity contribution is 5.49. The second-order valence-electron chi connectivity index (χ2n) is 2.55. The van der Waals surface area contributed by atoms with Crippen LogP contribution in [-0.4, -0.2) is 18.3 Å². The molecule has 0 amide bonds. The lowest BCUT2D eigenvalue weighted by atomic mass is 10.2. The Morgan fingerprint density at radius 1 is 1.36 bits per heavy atom. The van der Waals surface area contributed by atoms with E-state index >= 15 is 0 Å². The van der Waals surface area contributed by atoms with Crippen molar-refractivity contribution in [2.24, 2.45) is 0 Å². The van der Waals surface area contributed by atoms with Gasteiger partial charge >= 0.3 is 0 Å². The van der Waals surface area contributed by atoms with E-state index in [1.165, 1.54) is 18.2 Å². The number of benzene rings is 1. The molecule has 3 nitrogen and oxygen atoms in total. The van der Waals surface area contributed by atoms with E-state index in [1.54, 1.807) is 0 Å². The van der Waals surface area contributed by atoms with Crippen LogP contribution in [0.15, 0.2) is 12.1 Å². The van der Waals surface area contributed by atoms with E-state index < -0.39 is 11.6 Å². The third kappa shape index (κ3) is 1.98. The first-order valence-corrected chi connectivity index (χ1v) is 3.93. The zero-order valence-corrected chi connectivity index (χ0v) is 7.22. The fourth-order valence-electron chi connectivity index (χ4n) is 0.963. The number of halogens is 2. The predicted octanol–water partition coefficient (Wildman–Crippen LogP) is 1.24. The van der Waals surface area contributed by atoms with Gasteiger partial charge in [-0.25, -0.2) is 8.78 Å². The summed E-state index contributed by atoms with van der Waals surface area (Å²) in [7, 11) is 0. The Morgan fingerprint density at radius 3 is 2.64 bits per heavy atom. The van der Waals surface area contributed by atoms with Crippen LogP contribution in [0.1, 0.15) is 5.56 Å².